The zero-order valence-corrected chi connectivity index (χ0v) is 20.7. The van der Waals surface area contributed by atoms with Crippen LogP contribution in [0.2, 0.25) is 0 Å². The van der Waals surface area contributed by atoms with Crippen molar-refractivity contribution in [2.24, 2.45) is 0 Å². The number of hydrogen-bond acceptors (Lipinski definition) is 7. The Morgan fingerprint density at radius 2 is 1.78 bits per heavy atom. The van der Waals surface area contributed by atoms with E-state index in [1.807, 2.05) is 54.6 Å². The number of carbonyl (C=O) groups is 1. The van der Waals surface area contributed by atoms with E-state index in [-0.39, 0.29) is 12.3 Å². The van der Waals surface area contributed by atoms with Crippen molar-refractivity contribution in [2.75, 3.05) is 25.3 Å². The number of aromatic nitrogens is 2. The monoisotopic (exact) mass is 496 g/mol. The van der Waals surface area contributed by atoms with Crippen molar-refractivity contribution in [3.8, 4) is 40.0 Å². The van der Waals surface area contributed by atoms with E-state index in [0.29, 0.717) is 39.1 Å². The molecule has 1 amide bonds. The van der Waals surface area contributed by atoms with E-state index in [1.165, 1.54) is 11.8 Å². The molecule has 0 aliphatic heterocycles. The van der Waals surface area contributed by atoms with Gasteiger partial charge in [0.25, 0.3) is 0 Å². The average Bonchev–Trinajstić information content (AvgIpc) is 2.93. The Bertz CT molecular complexity index is 1390. The summed E-state index contributed by atoms with van der Waals surface area (Å²) < 4.78 is 11.0. The van der Waals surface area contributed by atoms with Gasteiger partial charge in [0.1, 0.15) is 22.6 Å². The van der Waals surface area contributed by atoms with Gasteiger partial charge in [0.05, 0.1) is 25.5 Å². The van der Waals surface area contributed by atoms with E-state index in [4.69, 9.17) is 14.5 Å². The number of nitrogens with zero attached hydrogens (tertiary/aromatic N) is 3. The largest absolute Gasteiger partial charge is 0.497 e. The van der Waals surface area contributed by atoms with Crippen LogP contribution in [0.15, 0.2) is 84.1 Å². The maximum atomic E-state index is 12.4. The van der Waals surface area contributed by atoms with E-state index in [9.17, 15) is 10.1 Å². The Labute approximate surface area is 214 Å². The first-order valence-corrected chi connectivity index (χ1v) is 12.2. The summed E-state index contributed by atoms with van der Waals surface area (Å²) in [5, 5.41) is 13.6. The molecule has 1 N–H and O–H groups in total. The van der Waals surface area contributed by atoms with Crippen LogP contribution >= 0.6 is 11.8 Å². The topological polar surface area (TPSA) is 97.1 Å². The van der Waals surface area contributed by atoms with Gasteiger partial charge in [-0.05, 0) is 36.4 Å². The van der Waals surface area contributed by atoms with E-state index in [1.54, 1.807) is 38.7 Å². The number of nitrogens with one attached hydrogen (secondary N) is 1. The number of ether oxygens (including phenoxy) is 2. The standard InChI is InChI=1S/C28H24N4O3S/c1-34-21-8-9-26(35-2)23(16-21)22-17-25(19-6-4-3-5-7-19)32-28(24(22)18-29)36-15-12-27(33)31-20-10-13-30-14-11-20/h3-11,13-14,16-17H,12,15H2,1-2H3,(H,30,31,33). The number of methoxy groups -OCH3 is 2. The van der Waals surface area contributed by atoms with Gasteiger partial charge < -0.3 is 14.8 Å². The third-order valence-electron chi connectivity index (χ3n) is 5.40. The molecule has 2 aromatic heterocycles. The first-order valence-electron chi connectivity index (χ1n) is 11.2. The quantitative estimate of drug-likeness (QED) is 0.292. The number of rotatable bonds is 9. The lowest BCUT2D eigenvalue weighted by atomic mass is 9.98. The van der Waals surface area contributed by atoms with E-state index < -0.39 is 0 Å². The van der Waals surface area contributed by atoms with Crippen molar-refractivity contribution in [3.63, 3.8) is 0 Å². The van der Waals surface area contributed by atoms with Gasteiger partial charge in [0.2, 0.25) is 5.91 Å². The normalized spacial score (nSPS) is 10.4. The second-order valence-corrected chi connectivity index (χ2v) is 8.75. The fourth-order valence-corrected chi connectivity index (χ4v) is 4.57. The molecule has 4 aromatic rings. The van der Waals surface area contributed by atoms with Crippen molar-refractivity contribution in [1.82, 2.24) is 9.97 Å². The lowest BCUT2D eigenvalue weighted by Crippen LogP contribution is -2.12. The molecule has 0 fully saturated rings. The van der Waals surface area contributed by atoms with Crippen LogP contribution in [-0.2, 0) is 4.79 Å². The van der Waals surface area contributed by atoms with Gasteiger partial charge >= 0.3 is 0 Å². The highest BCUT2D eigenvalue weighted by Crippen LogP contribution is 2.40. The highest BCUT2D eigenvalue weighted by Gasteiger charge is 2.19. The molecule has 4 rings (SSSR count). The van der Waals surface area contributed by atoms with Gasteiger partial charge in [-0.1, -0.05) is 30.3 Å². The summed E-state index contributed by atoms with van der Waals surface area (Å²) in [5.74, 6) is 1.59. The van der Waals surface area contributed by atoms with Crippen molar-refractivity contribution >= 4 is 23.4 Å². The highest BCUT2D eigenvalue weighted by atomic mass is 32.2. The number of pyridine rings is 2. The summed E-state index contributed by atoms with van der Waals surface area (Å²) in [4.78, 5) is 21.2. The zero-order valence-electron chi connectivity index (χ0n) is 19.9. The fourth-order valence-electron chi connectivity index (χ4n) is 3.63. The molecule has 36 heavy (non-hydrogen) atoms. The molecular weight excluding hydrogens is 472 g/mol. The summed E-state index contributed by atoms with van der Waals surface area (Å²) in [6, 6.07) is 22.9. The van der Waals surface area contributed by atoms with Crippen LogP contribution in [-0.4, -0.2) is 35.8 Å². The summed E-state index contributed by atoms with van der Waals surface area (Å²) in [5.41, 5.74) is 4.16. The van der Waals surface area contributed by atoms with Crippen LogP contribution in [0.4, 0.5) is 5.69 Å². The Balaban J connectivity index is 1.70. The smallest absolute Gasteiger partial charge is 0.225 e. The molecular formula is C28H24N4O3S. The number of amides is 1. The predicted octanol–water partition coefficient (Wildman–Crippen LogP) is 5.82. The second-order valence-electron chi connectivity index (χ2n) is 7.66. The summed E-state index contributed by atoms with van der Waals surface area (Å²) in [6.45, 7) is 0. The number of nitriles is 1. The van der Waals surface area contributed by atoms with Crippen LogP contribution in [0.3, 0.4) is 0 Å². The molecule has 0 saturated carbocycles. The van der Waals surface area contributed by atoms with Gasteiger partial charge in [-0.25, -0.2) is 4.98 Å². The van der Waals surface area contributed by atoms with Gasteiger partial charge in [0, 0.05) is 46.9 Å². The van der Waals surface area contributed by atoms with Gasteiger partial charge in [-0.15, -0.1) is 11.8 Å². The van der Waals surface area contributed by atoms with Gasteiger partial charge in [0.15, 0.2) is 0 Å². The average molecular weight is 497 g/mol. The molecule has 2 aromatic carbocycles. The first-order chi connectivity index (χ1) is 17.6. The minimum Gasteiger partial charge on any atom is -0.497 e. The maximum absolute atomic E-state index is 12.4. The number of thioether (sulfide) groups is 1. The fraction of sp³-hybridized carbons (Fsp3) is 0.143. The van der Waals surface area contributed by atoms with Crippen LogP contribution in [0.25, 0.3) is 22.4 Å². The summed E-state index contributed by atoms with van der Waals surface area (Å²) in [6.07, 6.45) is 3.50. The molecule has 0 atom stereocenters. The maximum Gasteiger partial charge on any atom is 0.225 e. The molecule has 8 heteroatoms. The minimum absolute atomic E-state index is 0.124. The Kier molecular flexibility index (Phi) is 8.16. The molecule has 0 aliphatic carbocycles. The molecule has 0 spiro atoms. The molecule has 0 unspecified atom stereocenters. The van der Waals surface area contributed by atoms with Crippen LogP contribution in [0, 0.1) is 11.3 Å². The number of hydrogen-bond donors (Lipinski definition) is 1. The van der Waals surface area contributed by atoms with E-state index in [0.717, 1.165) is 16.8 Å². The number of benzene rings is 2. The molecule has 180 valence electrons. The van der Waals surface area contributed by atoms with Crippen LogP contribution < -0.4 is 14.8 Å². The van der Waals surface area contributed by atoms with Gasteiger partial charge in [-0.2, -0.15) is 5.26 Å². The Hall–Kier alpha value is -4.35. The SMILES string of the molecule is COc1ccc(OC)c(-c2cc(-c3ccccc3)nc(SCCC(=O)Nc3ccncc3)c2C#N)c1. The number of carbonyl (C=O) groups excluding carboxylic acids is 1. The van der Waals surface area contributed by atoms with Crippen molar-refractivity contribution in [3.05, 3.63) is 84.7 Å². The third-order valence-corrected chi connectivity index (χ3v) is 6.37. The Morgan fingerprint density at radius 3 is 2.47 bits per heavy atom. The number of anilines is 1. The van der Waals surface area contributed by atoms with Crippen LogP contribution in [0.1, 0.15) is 12.0 Å². The zero-order chi connectivity index (χ0) is 25.3. The molecule has 0 radical (unpaired) electrons. The molecule has 0 aliphatic rings. The van der Waals surface area contributed by atoms with Crippen molar-refractivity contribution < 1.29 is 14.3 Å². The van der Waals surface area contributed by atoms with Crippen LogP contribution in [0.5, 0.6) is 11.5 Å². The molecule has 0 bridgehead atoms. The lowest BCUT2D eigenvalue weighted by molar-refractivity contribution is -0.115. The summed E-state index contributed by atoms with van der Waals surface area (Å²) in [7, 11) is 3.19. The van der Waals surface area contributed by atoms with Gasteiger partial charge in [-0.3, -0.25) is 9.78 Å². The molecule has 2 heterocycles. The summed E-state index contributed by atoms with van der Waals surface area (Å²) >= 11 is 1.37. The minimum atomic E-state index is -0.124. The molecule has 7 nitrogen and oxygen atoms in total. The first kappa shape index (κ1) is 24.8. The second kappa shape index (κ2) is 11.9. The van der Waals surface area contributed by atoms with E-state index >= 15 is 0 Å². The highest BCUT2D eigenvalue weighted by molar-refractivity contribution is 7.99. The van der Waals surface area contributed by atoms with Crippen molar-refractivity contribution in [1.29, 1.82) is 5.26 Å². The lowest BCUT2D eigenvalue weighted by Gasteiger charge is -2.15. The Morgan fingerprint density at radius 1 is 1.00 bits per heavy atom. The molecule has 0 saturated heterocycles. The third kappa shape index (κ3) is 5.82. The van der Waals surface area contributed by atoms with Crippen molar-refractivity contribution in [2.45, 2.75) is 11.4 Å². The predicted molar refractivity (Wildman–Crippen MR) is 141 cm³/mol. The van der Waals surface area contributed by atoms with E-state index in [2.05, 4.69) is 16.4 Å².